The van der Waals surface area contributed by atoms with Crippen molar-refractivity contribution < 1.29 is 4.79 Å². The normalized spacial score (nSPS) is 14.2. The number of aromatic nitrogens is 3. The maximum absolute atomic E-state index is 13.0. The number of aliphatic imine (C=N–C) groups is 1. The van der Waals surface area contributed by atoms with E-state index in [4.69, 9.17) is 11.6 Å². The molecule has 3 heterocycles. The quantitative estimate of drug-likeness (QED) is 0.735. The van der Waals surface area contributed by atoms with Gasteiger partial charge in [-0.2, -0.15) is 0 Å². The Balaban J connectivity index is 1.51. The van der Waals surface area contributed by atoms with Gasteiger partial charge in [0, 0.05) is 12.1 Å². The minimum atomic E-state index is -0.380. The molecule has 0 atom stereocenters. The number of anilines is 2. The lowest BCUT2D eigenvalue weighted by molar-refractivity contribution is -0.117. The van der Waals surface area contributed by atoms with E-state index >= 15 is 0 Å². The van der Waals surface area contributed by atoms with E-state index in [9.17, 15) is 9.59 Å². The fourth-order valence-electron chi connectivity index (χ4n) is 3.50. The van der Waals surface area contributed by atoms with Gasteiger partial charge in [-0.05, 0) is 24.3 Å². The lowest BCUT2D eigenvalue weighted by Gasteiger charge is -2.26. The molecule has 1 aromatic heterocycles. The van der Waals surface area contributed by atoms with Gasteiger partial charge < -0.3 is 5.32 Å². The molecule has 1 amide bonds. The molecule has 0 saturated heterocycles. The molecule has 8 nitrogen and oxygen atoms in total. The summed E-state index contributed by atoms with van der Waals surface area (Å²) >= 11 is 6.08. The predicted molar refractivity (Wildman–Crippen MR) is 107 cm³/mol. The van der Waals surface area contributed by atoms with E-state index in [0.29, 0.717) is 29.7 Å². The van der Waals surface area contributed by atoms with Crippen LogP contribution in [0.3, 0.4) is 0 Å². The third kappa shape index (κ3) is 2.53. The zero-order valence-electron chi connectivity index (χ0n) is 14.7. The second-order valence-corrected chi connectivity index (χ2v) is 6.88. The Morgan fingerprint density at radius 1 is 1.14 bits per heavy atom. The first kappa shape index (κ1) is 16.8. The van der Waals surface area contributed by atoms with Crippen molar-refractivity contribution in [2.45, 2.75) is 6.54 Å². The summed E-state index contributed by atoms with van der Waals surface area (Å²) < 4.78 is 2.70. The van der Waals surface area contributed by atoms with Crippen molar-refractivity contribution in [3.8, 4) is 5.69 Å². The molecule has 2 aromatic carbocycles. The highest BCUT2D eigenvalue weighted by Crippen LogP contribution is 2.29. The molecule has 28 heavy (non-hydrogen) atoms. The molecule has 0 bridgehead atoms. The van der Waals surface area contributed by atoms with Crippen LogP contribution in [0.1, 0.15) is 5.56 Å². The number of carbonyl (C=O) groups excluding carboxylic acids is 1. The molecule has 0 fully saturated rings. The fraction of sp³-hybridized carbons (Fsp3) is 0.158. The highest BCUT2D eigenvalue weighted by atomic mass is 35.5. The van der Waals surface area contributed by atoms with Crippen molar-refractivity contribution in [2.75, 3.05) is 23.3 Å². The molecule has 0 spiro atoms. The lowest BCUT2D eigenvalue weighted by Crippen LogP contribution is -2.37. The van der Waals surface area contributed by atoms with Gasteiger partial charge in [0.05, 0.1) is 22.9 Å². The van der Waals surface area contributed by atoms with Crippen LogP contribution in [0.15, 0.2) is 58.3 Å². The summed E-state index contributed by atoms with van der Waals surface area (Å²) in [6.07, 6.45) is 0. The number of amides is 1. The standard InChI is InChI=1S/C19H15ClN6O2/c20-13-6-2-3-7-14(13)22-16(27)11-25-19(28)26-15-8-4-1-5-12(15)17-21-9-10-24(17)18(26)23-25/h1-8H,9-11H2,(H,22,27). The van der Waals surface area contributed by atoms with Gasteiger partial charge in [-0.1, -0.05) is 35.9 Å². The number of para-hydroxylation sites is 2. The van der Waals surface area contributed by atoms with Crippen LogP contribution in [0.5, 0.6) is 0 Å². The van der Waals surface area contributed by atoms with Crippen molar-refractivity contribution in [3.05, 3.63) is 69.6 Å². The maximum atomic E-state index is 13.0. The van der Waals surface area contributed by atoms with Crippen LogP contribution in [0.4, 0.5) is 11.6 Å². The largest absolute Gasteiger partial charge is 0.352 e. The Labute approximate surface area is 164 Å². The number of carbonyl (C=O) groups is 1. The van der Waals surface area contributed by atoms with E-state index in [-0.39, 0.29) is 18.1 Å². The van der Waals surface area contributed by atoms with Crippen LogP contribution in [-0.4, -0.2) is 39.2 Å². The molecule has 9 heteroatoms. The van der Waals surface area contributed by atoms with Gasteiger partial charge in [0.1, 0.15) is 12.4 Å². The molecule has 140 valence electrons. The Morgan fingerprint density at radius 3 is 2.79 bits per heavy atom. The molecule has 0 radical (unpaired) electrons. The monoisotopic (exact) mass is 394 g/mol. The van der Waals surface area contributed by atoms with Crippen LogP contribution in [-0.2, 0) is 11.3 Å². The predicted octanol–water partition coefficient (Wildman–Crippen LogP) is 1.91. The molecule has 1 N–H and O–H groups in total. The number of fused-ring (bicyclic) bond motifs is 6. The van der Waals surface area contributed by atoms with Crippen LogP contribution >= 0.6 is 11.6 Å². The van der Waals surface area contributed by atoms with Gasteiger partial charge in [0.25, 0.3) is 0 Å². The third-order valence-electron chi connectivity index (χ3n) is 4.73. The summed E-state index contributed by atoms with van der Waals surface area (Å²) in [6.45, 7) is 1.07. The summed E-state index contributed by atoms with van der Waals surface area (Å²) in [7, 11) is 0. The molecular weight excluding hydrogens is 380 g/mol. The van der Waals surface area contributed by atoms with E-state index in [2.05, 4.69) is 15.4 Å². The van der Waals surface area contributed by atoms with Crippen molar-refractivity contribution >= 4 is 35.0 Å². The van der Waals surface area contributed by atoms with Gasteiger partial charge in [-0.3, -0.25) is 14.7 Å². The zero-order chi connectivity index (χ0) is 19.3. The van der Waals surface area contributed by atoms with Gasteiger partial charge >= 0.3 is 5.69 Å². The van der Waals surface area contributed by atoms with E-state index in [1.165, 1.54) is 9.25 Å². The molecular formula is C19H15ClN6O2. The first-order valence-electron chi connectivity index (χ1n) is 8.79. The molecule has 5 rings (SSSR count). The number of benzene rings is 2. The van der Waals surface area contributed by atoms with Gasteiger partial charge in [-0.25, -0.2) is 14.0 Å². The molecule has 0 aliphatic carbocycles. The molecule has 3 aromatic rings. The van der Waals surface area contributed by atoms with Crippen LogP contribution in [0.25, 0.3) is 5.69 Å². The van der Waals surface area contributed by atoms with Crippen LogP contribution in [0, 0.1) is 0 Å². The maximum Gasteiger partial charge on any atom is 0.352 e. The average molecular weight is 395 g/mol. The van der Waals surface area contributed by atoms with Gasteiger partial charge in [0.2, 0.25) is 11.9 Å². The number of hydrogen-bond acceptors (Lipinski definition) is 5. The van der Waals surface area contributed by atoms with Crippen LogP contribution in [0.2, 0.25) is 5.02 Å². The first-order chi connectivity index (χ1) is 13.6. The molecule has 2 aliphatic rings. The SMILES string of the molecule is O=C(Cn1nc2n(c1=O)-c1ccccc1C1=NCCN12)Nc1ccccc1Cl. The summed E-state index contributed by atoms with van der Waals surface area (Å²) in [5.74, 6) is 0.903. The topological polar surface area (TPSA) is 84.5 Å². The Kier molecular flexibility index (Phi) is 3.80. The van der Waals surface area contributed by atoms with Crippen molar-refractivity contribution in [2.24, 2.45) is 4.99 Å². The first-order valence-corrected chi connectivity index (χ1v) is 9.17. The molecule has 0 unspecified atom stereocenters. The zero-order valence-corrected chi connectivity index (χ0v) is 15.4. The number of halogens is 1. The van der Waals surface area contributed by atoms with Crippen molar-refractivity contribution in [3.63, 3.8) is 0 Å². The number of nitrogens with one attached hydrogen (secondary N) is 1. The van der Waals surface area contributed by atoms with Gasteiger partial charge in [0.15, 0.2) is 0 Å². The Morgan fingerprint density at radius 2 is 1.93 bits per heavy atom. The summed E-state index contributed by atoms with van der Waals surface area (Å²) in [4.78, 5) is 31.9. The van der Waals surface area contributed by atoms with Crippen molar-refractivity contribution in [1.82, 2.24) is 14.3 Å². The van der Waals surface area contributed by atoms with Crippen LogP contribution < -0.4 is 15.9 Å². The minimum absolute atomic E-state index is 0.216. The number of rotatable bonds is 3. The number of nitrogens with zero attached hydrogens (tertiary/aromatic N) is 5. The van der Waals surface area contributed by atoms with Gasteiger partial charge in [-0.15, -0.1) is 5.10 Å². The van der Waals surface area contributed by atoms with E-state index < -0.39 is 0 Å². The van der Waals surface area contributed by atoms with E-state index in [0.717, 1.165) is 17.1 Å². The summed E-state index contributed by atoms with van der Waals surface area (Å²) in [5, 5.41) is 7.56. The second kappa shape index (κ2) is 6.35. The Bertz CT molecular complexity index is 1200. The average Bonchev–Trinajstić information content (AvgIpc) is 3.30. The highest BCUT2D eigenvalue weighted by Gasteiger charge is 2.34. The fourth-order valence-corrected chi connectivity index (χ4v) is 3.69. The minimum Gasteiger partial charge on any atom is -0.323 e. The highest BCUT2D eigenvalue weighted by molar-refractivity contribution is 6.33. The lowest BCUT2D eigenvalue weighted by atomic mass is 10.1. The van der Waals surface area contributed by atoms with Crippen molar-refractivity contribution in [1.29, 1.82) is 0 Å². The molecule has 2 aliphatic heterocycles. The van der Waals surface area contributed by atoms with E-state index in [1.807, 2.05) is 29.2 Å². The molecule has 0 saturated carbocycles. The summed E-state index contributed by atoms with van der Waals surface area (Å²) in [6, 6.07) is 14.5. The number of amidine groups is 1. The number of hydrogen-bond donors (Lipinski definition) is 1. The smallest absolute Gasteiger partial charge is 0.323 e. The third-order valence-corrected chi connectivity index (χ3v) is 5.06. The summed E-state index contributed by atoms with van der Waals surface area (Å²) in [5.41, 5.74) is 1.72. The Hall–Kier alpha value is -3.39. The second-order valence-electron chi connectivity index (χ2n) is 6.48. The van der Waals surface area contributed by atoms with E-state index in [1.54, 1.807) is 24.3 Å².